The second kappa shape index (κ2) is 11.0. The van der Waals surface area contributed by atoms with Gasteiger partial charge in [0.25, 0.3) is 5.91 Å². The molecule has 0 atom stereocenters. The van der Waals surface area contributed by atoms with E-state index in [2.05, 4.69) is 23.5 Å². The second-order valence-electron chi connectivity index (χ2n) is 5.24. The van der Waals surface area contributed by atoms with Crippen LogP contribution < -0.4 is 10.0 Å². The number of carbonyl (C=O) groups is 1. The van der Waals surface area contributed by atoms with Crippen LogP contribution in [0.1, 0.15) is 36.5 Å². The van der Waals surface area contributed by atoms with E-state index in [0.717, 1.165) is 19.4 Å². The molecule has 0 aliphatic heterocycles. The molecule has 134 valence electrons. The van der Waals surface area contributed by atoms with Crippen molar-refractivity contribution < 1.29 is 17.9 Å². The summed E-state index contributed by atoms with van der Waals surface area (Å²) in [5, 5.41) is 2.76. The van der Waals surface area contributed by atoms with Gasteiger partial charge < -0.3 is 10.1 Å². The third-order valence-corrected chi connectivity index (χ3v) is 4.64. The number of nitrogens with one attached hydrogen (secondary N) is 2. The van der Waals surface area contributed by atoms with E-state index in [1.165, 1.54) is 18.2 Å². The fourth-order valence-electron chi connectivity index (χ4n) is 1.88. The molecule has 1 aromatic carbocycles. The number of ether oxygens (including phenoxy) is 1. The first kappa shape index (κ1) is 20.3. The third kappa shape index (κ3) is 7.25. The van der Waals surface area contributed by atoms with Crippen LogP contribution in [0.5, 0.6) is 0 Å². The van der Waals surface area contributed by atoms with E-state index in [0.29, 0.717) is 25.1 Å². The smallest absolute Gasteiger partial charge is 0.251 e. The number of unbranched alkanes of at least 4 members (excludes halogenated alkanes) is 1. The van der Waals surface area contributed by atoms with Crippen molar-refractivity contribution in [2.45, 2.75) is 31.1 Å². The average molecular weight is 354 g/mol. The molecule has 7 heteroatoms. The quantitative estimate of drug-likeness (QED) is 0.445. The first-order valence-electron chi connectivity index (χ1n) is 8.08. The lowest BCUT2D eigenvalue weighted by Gasteiger charge is -2.08. The van der Waals surface area contributed by atoms with Gasteiger partial charge in [-0.3, -0.25) is 4.79 Å². The van der Waals surface area contributed by atoms with E-state index in [9.17, 15) is 13.2 Å². The van der Waals surface area contributed by atoms with Crippen LogP contribution in [0.2, 0.25) is 0 Å². The van der Waals surface area contributed by atoms with E-state index in [4.69, 9.17) is 4.74 Å². The van der Waals surface area contributed by atoms with Crippen LogP contribution in [0.4, 0.5) is 0 Å². The van der Waals surface area contributed by atoms with Gasteiger partial charge in [-0.15, -0.1) is 6.58 Å². The molecule has 0 fully saturated rings. The van der Waals surface area contributed by atoms with Crippen molar-refractivity contribution in [2.24, 2.45) is 0 Å². The maximum Gasteiger partial charge on any atom is 0.251 e. The van der Waals surface area contributed by atoms with E-state index in [-0.39, 0.29) is 17.3 Å². The highest BCUT2D eigenvalue weighted by Crippen LogP contribution is 2.11. The monoisotopic (exact) mass is 354 g/mol. The van der Waals surface area contributed by atoms with Crippen LogP contribution in [0.15, 0.2) is 41.8 Å². The lowest BCUT2D eigenvalue weighted by Crippen LogP contribution is -2.27. The highest BCUT2D eigenvalue weighted by Gasteiger charge is 2.15. The molecule has 0 saturated heterocycles. The first-order chi connectivity index (χ1) is 11.5. The number of sulfonamides is 1. The minimum atomic E-state index is -3.64. The molecule has 0 heterocycles. The van der Waals surface area contributed by atoms with Gasteiger partial charge >= 0.3 is 0 Å². The van der Waals surface area contributed by atoms with Gasteiger partial charge in [-0.25, -0.2) is 13.1 Å². The van der Waals surface area contributed by atoms with Crippen LogP contribution in [-0.2, 0) is 14.8 Å². The summed E-state index contributed by atoms with van der Waals surface area (Å²) in [6.45, 7) is 7.52. The predicted molar refractivity (Wildman–Crippen MR) is 94.5 cm³/mol. The Morgan fingerprint density at radius 2 is 2.04 bits per heavy atom. The van der Waals surface area contributed by atoms with Crippen molar-refractivity contribution in [3.05, 3.63) is 42.5 Å². The van der Waals surface area contributed by atoms with E-state index >= 15 is 0 Å². The van der Waals surface area contributed by atoms with E-state index in [1.54, 1.807) is 12.1 Å². The Kier molecular flexibility index (Phi) is 9.29. The molecule has 0 spiro atoms. The number of carbonyl (C=O) groups excluding carboxylic acids is 1. The Hall–Kier alpha value is -1.70. The zero-order chi connectivity index (χ0) is 17.8. The van der Waals surface area contributed by atoms with Crippen molar-refractivity contribution in [1.82, 2.24) is 10.0 Å². The molecular formula is C17H26N2O4S. The molecule has 0 aliphatic rings. The Labute approximate surface area is 144 Å². The Morgan fingerprint density at radius 3 is 2.75 bits per heavy atom. The standard InChI is InChI=1S/C17H26N2O4S/c1-3-5-12-23-13-7-11-18-17(20)15-8-6-9-16(14-15)24(21,22)19-10-4-2/h4,6,8-9,14,19H,2-3,5,7,10-13H2,1H3,(H,18,20). The summed E-state index contributed by atoms with van der Waals surface area (Å²) in [5.74, 6) is -0.302. The highest BCUT2D eigenvalue weighted by atomic mass is 32.2. The van der Waals surface area contributed by atoms with Crippen LogP contribution in [0, 0.1) is 0 Å². The van der Waals surface area contributed by atoms with Gasteiger partial charge in [-0.1, -0.05) is 25.5 Å². The summed E-state index contributed by atoms with van der Waals surface area (Å²) in [4.78, 5) is 12.1. The summed E-state index contributed by atoms with van der Waals surface area (Å²) in [7, 11) is -3.64. The van der Waals surface area contributed by atoms with Crippen LogP contribution in [-0.4, -0.2) is 40.6 Å². The fraction of sp³-hybridized carbons (Fsp3) is 0.471. The molecule has 2 N–H and O–H groups in total. The molecule has 0 saturated carbocycles. The van der Waals surface area contributed by atoms with Gasteiger partial charge in [0.1, 0.15) is 0 Å². The molecule has 0 radical (unpaired) electrons. The highest BCUT2D eigenvalue weighted by molar-refractivity contribution is 7.89. The van der Waals surface area contributed by atoms with Crippen LogP contribution >= 0.6 is 0 Å². The molecular weight excluding hydrogens is 328 g/mol. The number of hydrogen-bond acceptors (Lipinski definition) is 4. The normalized spacial score (nSPS) is 11.2. The summed E-state index contributed by atoms with van der Waals surface area (Å²) in [5.41, 5.74) is 0.309. The molecule has 0 unspecified atom stereocenters. The van der Waals surface area contributed by atoms with Crippen molar-refractivity contribution in [3.63, 3.8) is 0 Å². The van der Waals surface area contributed by atoms with Gasteiger partial charge in [0.2, 0.25) is 10.0 Å². The predicted octanol–water partition coefficient (Wildman–Crippen LogP) is 2.09. The maximum absolute atomic E-state index is 12.1. The topological polar surface area (TPSA) is 84.5 Å². The zero-order valence-electron chi connectivity index (χ0n) is 14.1. The number of amides is 1. The van der Waals surface area contributed by atoms with E-state index in [1.807, 2.05) is 0 Å². The average Bonchev–Trinajstić information content (AvgIpc) is 2.59. The van der Waals surface area contributed by atoms with Crippen molar-refractivity contribution in [3.8, 4) is 0 Å². The number of benzene rings is 1. The molecule has 1 aromatic rings. The zero-order valence-corrected chi connectivity index (χ0v) is 14.9. The lowest BCUT2D eigenvalue weighted by atomic mass is 10.2. The Balaban J connectivity index is 2.51. The molecule has 0 aromatic heterocycles. The lowest BCUT2D eigenvalue weighted by molar-refractivity contribution is 0.0940. The largest absolute Gasteiger partial charge is 0.381 e. The molecule has 0 bridgehead atoms. The Morgan fingerprint density at radius 1 is 1.29 bits per heavy atom. The number of hydrogen-bond donors (Lipinski definition) is 2. The second-order valence-corrected chi connectivity index (χ2v) is 7.01. The van der Waals surface area contributed by atoms with Gasteiger partial charge in [-0.2, -0.15) is 0 Å². The van der Waals surface area contributed by atoms with Crippen molar-refractivity contribution in [1.29, 1.82) is 0 Å². The van der Waals surface area contributed by atoms with Gasteiger partial charge in [-0.05, 0) is 31.0 Å². The SMILES string of the molecule is C=CCNS(=O)(=O)c1cccc(C(=O)NCCCOCCCC)c1. The van der Waals surface area contributed by atoms with Gasteiger partial charge in [0.15, 0.2) is 0 Å². The third-order valence-electron chi connectivity index (χ3n) is 3.22. The first-order valence-corrected chi connectivity index (χ1v) is 9.56. The summed E-state index contributed by atoms with van der Waals surface area (Å²) in [6.07, 6.45) is 4.30. The van der Waals surface area contributed by atoms with Gasteiger partial charge in [0.05, 0.1) is 4.90 Å². The van der Waals surface area contributed by atoms with Crippen molar-refractivity contribution >= 4 is 15.9 Å². The fourth-order valence-corrected chi connectivity index (χ4v) is 2.93. The van der Waals surface area contributed by atoms with Crippen LogP contribution in [0.25, 0.3) is 0 Å². The minimum Gasteiger partial charge on any atom is -0.381 e. The van der Waals surface area contributed by atoms with Crippen LogP contribution in [0.3, 0.4) is 0 Å². The summed E-state index contributed by atoms with van der Waals surface area (Å²) >= 11 is 0. The molecule has 1 rings (SSSR count). The summed E-state index contributed by atoms with van der Waals surface area (Å²) in [6, 6.07) is 5.94. The van der Waals surface area contributed by atoms with Crippen molar-refractivity contribution in [2.75, 3.05) is 26.3 Å². The molecule has 0 aliphatic carbocycles. The maximum atomic E-state index is 12.1. The number of rotatable bonds is 12. The summed E-state index contributed by atoms with van der Waals surface area (Å²) < 4.78 is 31.9. The molecule has 6 nitrogen and oxygen atoms in total. The Bertz CT molecular complexity index is 629. The van der Waals surface area contributed by atoms with Gasteiger partial charge in [0, 0.05) is 31.9 Å². The molecule has 24 heavy (non-hydrogen) atoms. The van der Waals surface area contributed by atoms with E-state index < -0.39 is 10.0 Å². The molecule has 1 amide bonds. The minimum absolute atomic E-state index is 0.0555.